The number of phenolic OH excluding ortho intramolecular Hbond substituents is 1. The number of ketones is 1. The van der Waals surface area contributed by atoms with Gasteiger partial charge in [-0.05, 0) is 47.4 Å². The third kappa shape index (κ3) is 4.15. The Morgan fingerprint density at radius 2 is 2.23 bits per heavy atom. The lowest BCUT2D eigenvalue weighted by atomic mass is 9.96. The van der Waals surface area contributed by atoms with Crippen molar-refractivity contribution in [2.75, 3.05) is 0 Å². The van der Waals surface area contributed by atoms with Gasteiger partial charge in [-0.25, -0.2) is 9.98 Å². The fourth-order valence-electron chi connectivity index (χ4n) is 2.42. The fourth-order valence-corrected chi connectivity index (χ4v) is 2.89. The quantitative estimate of drug-likeness (QED) is 0.369. The Balaban J connectivity index is 1.93. The first-order valence-electron chi connectivity index (χ1n) is 8.11. The number of furan rings is 1. The van der Waals surface area contributed by atoms with Crippen molar-refractivity contribution in [3.8, 4) is 5.75 Å². The van der Waals surface area contributed by atoms with Crippen LogP contribution in [0.5, 0.6) is 5.75 Å². The molecule has 0 fully saturated rings. The molecule has 5 nitrogen and oxygen atoms in total. The van der Waals surface area contributed by atoms with Crippen LogP contribution < -0.4 is 0 Å². The highest BCUT2D eigenvalue weighted by Gasteiger charge is 2.12. The Labute approximate surface area is 155 Å². The Bertz CT molecular complexity index is 940. The summed E-state index contributed by atoms with van der Waals surface area (Å²) in [6.45, 7) is 4.00. The second kappa shape index (κ2) is 7.93. The van der Waals surface area contributed by atoms with Crippen LogP contribution in [0.15, 0.2) is 57.6 Å². The van der Waals surface area contributed by atoms with Gasteiger partial charge in [0.15, 0.2) is 5.76 Å². The van der Waals surface area contributed by atoms with Crippen molar-refractivity contribution in [2.45, 2.75) is 19.8 Å². The van der Waals surface area contributed by atoms with Crippen LogP contribution in [0.3, 0.4) is 0 Å². The first kappa shape index (κ1) is 17.8. The molecule has 3 rings (SSSR count). The lowest BCUT2D eigenvalue weighted by Crippen LogP contribution is -1.95. The van der Waals surface area contributed by atoms with Gasteiger partial charge in [0, 0.05) is 23.4 Å². The summed E-state index contributed by atoms with van der Waals surface area (Å²) in [6.07, 6.45) is 7.89. The van der Waals surface area contributed by atoms with E-state index in [-0.39, 0.29) is 23.2 Å². The number of aliphatic imine (C=N–C) groups is 1. The number of rotatable bonds is 6. The molecule has 6 heteroatoms. The molecule has 0 spiro atoms. The predicted molar refractivity (Wildman–Crippen MR) is 104 cm³/mol. The monoisotopic (exact) mass is 366 g/mol. The number of hydrogen-bond acceptors (Lipinski definition) is 6. The minimum absolute atomic E-state index is 0.121. The number of hydrogen-bond donors (Lipinski definition) is 1. The molecular weight excluding hydrogens is 348 g/mol. The Hall–Kier alpha value is -2.99. The smallest absolute Gasteiger partial charge is 0.221 e. The molecule has 0 saturated carbocycles. The molecule has 3 aromatic rings. The SMILES string of the molecule is CC(C)c1cc(/C=C/C(=O)c2ccco2)cc(/C=N/c2nccs2)c1O. The molecule has 0 saturated heterocycles. The van der Waals surface area contributed by atoms with E-state index in [9.17, 15) is 9.90 Å². The Morgan fingerprint density at radius 1 is 1.38 bits per heavy atom. The molecule has 0 aliphatic heterocycles. The van der Waals surface area contributed by atoms with Crippen LogP contribution >= 0.6 is 11.3 Å². The third-order valence-corrected chi connectivity index (χ3v) is 4.42. The summed E-state index contributed by atoms with van der Waals surface area (Å²) in [4.78, 5) is 20.5. The predicted octanol–water partition coefficient (Wildman–Crippen LogP) is 5.21. The Morgan fingerprint density at radius 3 is 2.88 bits per heavy atom. The molecule has 0 unspecified atom stereocenters. The number of carbonyl (C=O) groups is 1. The largest absolute Gasteiger partial charge is 0.507 e. The van der Waals surface area contributed by atoms with Crippen molar-refractivity contribution >= 4 is 34.5 Å². The van der Waals surface area contributed by atoms with Crippen LogP contribution in [-0.4, -0.2) is 22.1 Å². The fraction of sp³-hybridized carbons (Fsp3) is 0.150. The van der Waals surface area contributed by atoms with Crippen LogP contribution in [0.25, 0.3) is 6.08 Å². The minimum Gasteiger partial charge on any atom is -0.507 e. The summed E-state index contributed by atoms with van der Waals surface area (Å²) < 4.78 is 5.10. The molecule has 0 aliphatic carbocycles. The Kier molecular flexibility index (Phi) is 5.43. The van der Waals surface area contributed by atoms with Gasteiger partial charge in [0.05, 0.1) is 6.26 Å². The molecule has 0 radical (unpaired) electrons. The van der Waals surface area contributed by atoms with Crippen LogP contribution in [-0.2, 0) is 0 Å². The number of aromatic hydroxyl groups is 1. The van der Waals surface area contributed by atoms with Gasteiger partial charge in [-0.1, -0.05) is 19.9 Å². The van der Waals surface area contributed by atoms with E-state index in [1.807, 2.05) is 25.3 Å². The van der Waals surface area contributed by atoms with Crippen molar-refractivity contribution in [2.24, 2.45) is 4.99 Å². The van der Waals surface area contributed by atoms with Crippen molar-refractivity contribution in [3.63, 3.8) is 0 Å². The summed E-state index contributed by atoms with van der Waals surface area (Å²) in [5.41, 5.74) is 2.17. The molecule has 1 N–H and O–H groups in total. The molecular formula is C20H18N2O3S. The van der Waals surface area contributed by atoms with Gasteiger partial charge in [-0.15, -0.1) is 11.3 Å². The van der Waals surface area contributed by atoms with Crippen molar-refractivity contribution in [3.05, 3.63) is 70.6 Å². The van der Waals surface area contributed by atoms with Gasteiger partial charge < -0.3 is 9.52 Å². The average molecular weight is 366 g/mol. The van der Waals surface area contributed by atoms with Gasteiger partial charge in [0.2, 0.25) is 10.9 Å². The van der Waals surface area contributed by atoms with Gasteiger partial charge in [0.25, 0.3) is 0 Å². The summed E-state index contributed by atoms with van der Waals surface area (Å²) in [5, 5.41) is 13.0. The standard InChI is InChI=1S/C20H18N2O3S/c1-13(2)16-11-14(5-6-17(23)18-4-3-8-25-18)10-15(19(16)24)12-22-20-21-7-9-26-20/h3-13,24H,1-2H3/b6-5+,22-12+. The number of allylic oxidation sites excluding steroid dienone is 1. The maximum absolute atomic E-state index is 12.1. The van der Waals surface area contributed by atoms with E-state index < -0.39 is 0 Å². The highest BCUT2D eigenvalue weighted by atomic mass is 32.1. The summed E-state index contributed by atoms with van der Waals surface area (Å²) in [6, 6.07) is 6.94. The van der Waals surface area contributed by atoms with E-state index in [1.54, 1.807) is 36.7 Å². The molecule has 2 aromatic heterocycles. The van der Waals surface area contributed by atoms with Gasteiger partial charge >= 0.3 is 0 Å². The lowest BCUT2D eigenvalue weighted by molar-refractivity contribution is 0.102. The van der Waals surface area contributed by atoms with Crippen molar-refractivity contribution in [1.82, 2.24) is 4.98 Å². The first-order chi connectivity index (χ1) is 12.5. The normalized spacial score (nSPS) is 11.8. The van der Waals surface area contributed by atoms with E-state index in [0.29, 0.717) is 10.7 Å². The van der Waals surface area contributed by atoms with Gasteiger partial charge in [0.1, 0.15) is 5.75 Å². The summed E-state index contributed by atoms with van der Waals surface area (Å²) in [5.74, 6) is 0.382. The maximum Gasteiger partial charge on any atom is 0.221 e. The molecule has 0 aliphatic rings. The van der Waals surface area contributed by atoms with E-state index >= 15 is 0 Å². The lowest BCUT2D eigenvalue weighted by Gasteiger charge is -2.12. The number of aromatic nitrogens is 1. The third-order valence-electron chi connectivity index (χ3n) is 3.74. The molecule has 0 amide bonds. The zero-order valence-corrected chi connectivity index (χ0v) is 15.2. The van der Waals surface area contributed by atoms with E-state index in [2.05, 4.69) is 9.98 Å². The van der Waals surface area contributed by atoms with Crippen LogP contribution in [0.2, 0.25) is 0 Å². The highest BCUT2D eigenvalue weighted by molar-refractivity contribution is 7.13. The number of nitrogens with zero attached hydrogens (tertiary/aromatic N) is 2. The van der Waals surface area contributed by atoms with Crippen LogP contribution in [0.4, 0.5) is 5.13 Å². The minimum atomic E-state index is -0.216. The number of benzene rings is 1. The summed E-state index contributed by atoms with van der Waals surface area (Å²) in [7, 11) is 0. The first-order valence-corrected chi connectivity index (χ1v) is 8.99. The van der Waals surface area contributed by atoms with Gasteiger partial charge in [-0.2, -0.15) is 0 Å². The molecule has 1 aromatic carbocycles. The maximum atomic E-state index is 12.1. The van der Waals surface area contributed by atoms with Crippen molar-refractivity contribution < 1.29 is 14.3 Å². The molecule has 26 heavy (non-hydrogen) atoms. The van der Waals surface area contributed by atoms with E-state index in [0.717, 1.165) is 11.1 Å². The number of thiazole rings is 1. The van der Waals surface area contributed by atoms with Crippen LogP contribution in [0, 0.1) is 0 Å². The molecule has 132 valence electrons. The molecule has 0 atom stereocenters. The second-order valence-corrected chi connectivity index (χ2v) is 6.82. The zero-order chi connectivity index (χ0) is 18.5. The zero-order valence-electron chi connectivity index (χ0n) is 14.4. The second-order valence-electron chi connectivity index (χ2n) is 5.95. The highest BCUT2D eigenvalue weighted by Crippen LogP contribution is 2.31. The van der Waals surface area contributed by atoms with Crippen LogP contribution in [0.1, 0.15) is 47.0 Å². The van der Waals surface area contributed by atoms with Crippen molar-refractivity contribution in [1.29, 1.82) is 0 Å². The molecule has 0 bridgehead atoms. The van der Waals surface area contributed by atoms with E-state index in [1.165, 1.54) is 23.7 Å². The number of carbonyl (C=O) groups excluding carboxylic acids is 1. The average Bonchev–Trinajstić information content (AvgIpc) is 3.32. The topological polar surface area (TPSA) is 75.7 Å². The van der Waals surface area contributed by atoms with E-state index in [4.69, 9.17) is 4.42 Å². The van der Waals surface area contributed by atoms with Gasteiger partial charge in [-0.3, -0.25) is 4.79 Å². The summed E-state index contributed by atoms with van der Waals surface area (Å²) >= 11 is 1.42. The molecule has 2 heterocycles. The number of phenols is 1.